The zero-order chi connectivity index (χ0) is 20.6. The van der Waals surface area contributed by atoms with Crippen LogP contribution >= 0.6 is 0 Å². The summed E-state index contributed by atoms with van der Waals surface area (Å²) in [5.74, 6) is 2.00. The molecule has 4 heteroatoms. The number of anilines is 1. The summed E-state index contributed by atoms with van der Waals surface area (Å²) in [7, 11) is 1.67. The topological polar surface area (TPSA) is 35.7 Å². The molecule has 1 N–H and O–H groups in total. The molecule has 0 spiro atoms. The van der Waals surface area contributed by atoms with Crippen LogP contribution in [-0.4, -0.2) is 29.2 Å². The van der Waals surface area contributed by atoms with Crippen LogP contribution in [0.1, 0.15) is 36.4 Å². The molecule has 4 nitrogen and oxygen atoms in total. The third-order valence-corrected chi connectivity index (χ3v) is 6.36. The fourth-order valence-corrected chi connectivity index (χ4v) is 4.94. The lowest BCUT2D eigenvalue weighted by Gasteiger charge is -2.29. The van der Waals surface area contributed by atoms with E-state index in [1.807, 2.05) is 54.6 Å². The first-order chi connectivity index (χ1) is 14.7. The van der Waals surface area contributed by atoms with Crippen molar-refractivity contribution in [2.75, 3.05) is 18.6 Å². The van der Waals surface area contributed by atoms with E-state index < -0.39 is 5.72 Å². The van der Waals surface area contributed by atoms with Crippen LogP contribution in [0.5, 0.6) is 5.75 Å². The van der Waals surface area contributed by atoms with E-state index in [0.717, 1.165) is 36.3 Å². The van der Waals surface area contributed by atoms with Crippen LogP contribution in [0.25, 0.3) is 0 Å². The Morgan fingerprint density at radius 2 is 1.60 bits per heavy atom. The second-order valence-corrected chi connectivity index (χ2v) is 8.08. The van der Waals surface area contributed by atoms with Gasteiger partial charge in [-0.3, -0.25) is 4.58 Å². The van der Waals surface area contributed by atoms with Gasteiger partial charge in [0.2, 0.25) is 0 Å². The highest BCUT2D eigenvalue weighted by atomic mass is 16.5. The van der Waals surface area contributed by atoms with Gasteiger partial charge in [-0.25, -0.2) is 0 Å². The lowest BCUT2D eigenvalue weighted by atomic mass is 9.97. The lowest BCUT2D eigenvalue weighted by Crippen LogP contribution is -2.47. The van der Waals surface area contributed by atoms with Crippen LogP contribution < -0.4 is 9.64 Å². The molecular formula is C26H27N2O2+. The summed E-state index contributed by atoms with van der Waals surface area (Å²) in [6.07, 6.45) is 3.14. The van der Waals surface area contributed by atoms with Crippen LogP contribution in [0, 0.1) is 0 Å². The Bertz CT molecular complexity index is 1050. The minimum atomic E-state index is -1.12. The Labute approximate surface area is 177 Å². The maximum absolute atomic E-state index is 12.1. The first-order valence-electron chi connectivity index (χ1n) is 10.6. The van der Waals surface area contributed by atoms with Crippen LogP contribution in [0.3, 0.4) is 0 Å². The number of benzene rings is 3. The highest BCUT2D eigenvalue weighted by molar-refractivity contribution is 5.97. The average molecular weight is 400 g/mol. The largest absolute Gasteiger partial charge is 0.497 e. The molecule has 2 aliphatic rings. The molecule has 0 unspecified atom stereocenters. The minimum Gasteiger partial charge on any atom is -0.497 e. The first-order valence-corrected chi connectivity index (χ1v) is 10.6. The zero-order valence-electron chi connectivity index (χ0n) is 17.2. The third kappa shape index (κ3) is 3.08. The van der Waals surface area contributed by atoms with Crippen molar-refractivity contribution in [3.8, 4) is 5.75 Å². The van der Waals surface area contributed by atoms with Crippen molar-refractivity contribution in [1.82, 2.24) is 0 Å². The van der Waals surface area contributed by atoms with E-state index in [2.05, 4.69) is 39.8 Å². The molecule has 3 aromatic carbocycles. The van der Waals surface area contributed by atoms with Gasteiger partial charge in [0.15, 0.2) is 6.54 Å². The molecule has 0 aliphatic carbocycles. The fourth-order valence-electron chi connectivity index (χ4n) is 4.94. The molecule has 0 saturated carbocycles. The molecule has 0 amide bonds. The molecule has 0 fully saturated rings. The minimum absolute atomic E-state index is 0.272. The number of hydrogen-bond donors (Lipinski definition) is 1. The van der Waals surface area contributed by atoms with Gasteiger partial charge in [-0.05, 0) is 42.7 Å². The highest BCUT2D eigenvalue weighted by Gasteiger charge is 2.56. The summed E-state index contributed by atoms with van der Waals surface area (Å²) in [6.45, 7) is 0.540. The summed E-state index contributed by atoms with van der Waals surface area (Å²) in [4.78, 5) is 2.14. The van der Waals surface area contributed by atoms with Crippen LogP contribution in [-0.2, 0) is 5.72 Å². The Balaban J connectivity index is 1.65. The summed E-state index contributed by atoms with van der Waals surface area (Å²) >= 11 is 0. The summed E-state index contributed by atoms with van der Waals surface area (Å²) in [5.41, 5.74) is 2.08. The van der Waals surface area contributed by atoms with Gasteiger partial charge in [-0.1, -0.05) is 60.7 Å². The van der Waals surface area contributed by atoms with E-state index in [-0.39, 0.29) is 6.04 Å². The number of aliphatic hydroxyl groups is 1. The zero-order valence-corrected chi connectivity index (χ0v) is 17.2. The standard InChI is InChI=1S/C26H27N2O2/c1-30-23-17-15-22(16-18-23)28-25-14-8-13-24(20-9-4-2-5-10-20)27(25)19-26(28,29)21-11-6-3-7-12-21/h2-7,9-12,15-18,24,29H,8,13-14,19H2,1H3/q+1/t24-,26-/m1/s1. The van der Waals surface area contributed by atoms with Gasteiger partial charge >= 0.3 is 0 Å². The maximum atomic E-state index is 12.1. The van der Waals surface area contributed by atoms with Gasteiger partial charge in [0, 0.05) is 12.0 Å². The number of nitrogens with zero attached hydrogens (tertiary/aromatic N) is 2. The van der Waals surface area contributed by atoms with Gasteiger partial charge in [0.25, 0.3) is 11.6 Å². The molecule has 0 saturated heterocycles. The molecule has 0 bridgehead atoms. The van der Waals surface area contributed by atoms with Crippen molar-refractivity contribution in [1.29, 1.82) is 0 Å². The first kappa shape index (κ1) is 18.9. The normalized spacial score (nSPS) is 23.4. The molecule has 30 heavy (non-hydrogen) atoms. The predicted octanol–water partition coefficient (Wildman–Crippen LogP) is 4.70. The van der Waals surface area contributed by atoms with Gasteiger partial charge < -0.3 is 9.84 Å². The van der Waals surface area contributed by atoms with Gasteiger partial charge in [0.1, 0.15) is 17.5 Å². The monoisotopic (exact) mass is 399 g/mol. The van der Waals surface area contributed by atoms with Crippen molar-refractivity contribution in [2.24, 2.45) is 0 Å². The quantitative estimate of drug-likeness (QED) is 0.646. The second-order valence-electron chi connectivity index (χ2n) is 8.08. The van der Waals surface area contributed by atoms with E-state index in [9.17, 15) is 5.11 Å². The average Bonchev–Trinajstić information content (AvgIpc) is 3.13. The van der Waals surface area contributed by atoms with Crippen molar-refractivity contribution in [2.45, 2.75) is 31.0 Å². The maximum Gasteiger partial charge on any atom is 0.275 e. The third-order valence-electron chi connectivity index (χ3n) is 6.36. The molecule has 3 aromatic rings. The Morgan fingerprint density at radius 3 is 2.27 bits per heavy atom. The van der Waals surface area contributed by atoms with Gasteiger partial charge in [-0.15, -0.1) is 0 Å². The molecule has 2 heterocycles. The Hall–Kier alpha value is -3.11. The second kappa shape index (κ2) is 7.62. The fraction of sp³-hybridized carbons (Fsp3) is 0.269. The van der Waals surface area contributed by atoms with Crippen LogP contribution in [0.4, 0.5) is 5.69 Å². The van der Waals surface area contributed by atoms with Gasteiger partial charge in [-0.2, -0.15) is 4.90 Å². The molecule has 0 aromatic heterocycles. The molecule has 152 valence electrons. The van der Waals surface area contributed by atoms with Crippen molar-refractivity contribution >= 4 is 11.5 Å². The predicted molar refractivity (Wildman–Crippen MR) is 119 cm³/mol. The molecule has 2 atom stereocenters. The number of hydrogen-bond acceptors (Lipinski definition) is 3. The van der Waals surface area contributed by atoms with E-state index >= 15 is 0 Å². The highest BCUT2D eigenvalue weighted by Crippen LogP contribution is 2.42. The van der Waals surface area contributed by atoms with E-state index in [1.54, 1.807) is 7.11 Å². The summed E-state index contributed by atoms with van der Waals surface area (Å²) < 4.78 is 7.76. The number of methoxy groups -OCH3 is 1. The van der Waals surface area contributed by atoms with Crippen LogP contribution in [0.15, 0.2) is 84.9 Å². The molecule has 2 aliphatic heterocycles. The molecule has 5 rings (SSSR count). The number of ether oxygens (including phenoxy) is 1. The number of rotatable bonds is 4. The smallest absolute Gasteiger partial charge is 0.275 e. The number of amidine groups is 1. The lowest BCUT2D eigenvalue weighted by molar-refractivity contribution is -0.582. The van der Waals surface area contributed by atoms with E-state index in [1.165, 1.54) is 11.4 Å². The summed E-state index contributed by atoms with van der Waals surface area (Å²) in [6, 6.07) is 29.0. The molecular weight excluding hydrogens is 372 g/mol. The van der Waals surface area contributed by atoms with Crippen molar-refractivity contribution in [3.05, 3.63) is 96.1 Å². The van der Waals surface area contributed by atoms with Crippen molar-refractivity contribution in [3.63, 3.8) is 0 Å². The van der Waals surface area contributed by atoms with E-state index in [4.69, 9.17) is 4.74 Å². The van der Waals surface area contributed by atoms with Gasteiger partial charge in [0.05, 0.1) is 7.11 Å². The Kier molecular flexibility index (Phi) is 4.80. The van der Waals surface area contributed by atoms with Crippen LogP contribution in [0.2, 0.25) is 0 Å². The SMILES string of the molecule is COc1ccc(N2C3=[N+](C[C@@]2(O)c2ccccc2)[C@@H](c2ccccc2)CCC3)cc1. The molecule has 0 radical (unpaired) electrons. The van der Waals surface area contributed by atoms with E-state index in [0.29, 0.717) is 6.54 Å². The Morgan fingerprint density at radius 1 is 0.933 bits per heavy atom. The summed E-state index contributed by atoms with van der Waals surface area (Å²) in [5, 5.41) is 12.1. The van der Waals surface area contributed by atoms with Crippen molar-refractivity contribution < 1.29 is 14.4 Å².